The lowest BCUT2D eigenvalue weighted by atomic mass is 10.0. The van der Waals surface area contributed by atoms with E-state index in [1.807, 2.05) is 0 Å². The summed E-state index contributed by atoms with van der Waals surface area (Å²) in [5, 5.41) is 51.8. The highest BCUT2D eigenvalue weighted by Crippen LogP contribution is 2.13. The zero-order valence-electron chi connectivity index (χ0n) is 32.1. The zero-order valence-corrected chi connectivity index (χ0v) is 32.1. The van der Waals surface area contributed by atoms with Crippen molar-refractivity contribution in [1.29, 1.82) is 0 Å². The van der Waals surface area contributed by atoms with Gasteiger partial charge in [-0.15, -0.1) is 0 Å². The van der Waals surface area contributed by atoms with Gasteiger partial charge in [0, 0.05) is 19.3 Å². The van der Waals surface area contributed by atoms with Crippen LogP contribution in [-0.4, -0.2) is 117 Å². The first kappa shape index (κ1) is 48.2. The highest BCUT2D eigenvalue weighted by molar-refractivity contribution is 5.96. The summed E-state index contributed by atoms with van der Waals surface area (Å²) in [6, 6.07) is -2.33. The number of benzene rings is 1. The molecule has 6 atom stereocenters. The van der Waals surface area contributed by atoms with Gasteiger partial charge < -0.3 is 58.1 Å². The summed E-state index contributed by atoms with van der Waals surface area (Å²) in [5.41, 5.74) is 6.16. The average molecular weight is 794 g/mol. The molecule has 0 aliphatic carbocycles. The maximum atomic E-state index is 13.7. The molecule has 0 radical (unpaired) electrons. The topological polar surface area (TPSA) is 333 Å². The Labute approximate surface area is 324 Å². The summed E-state index contributed by atoms with van der Waals surface area (Å²) < 4.78 is 0. The van der Waals surface area contributed by atoms with E-state index in [1.54, 1.807) is 27.7 Å². The van der Waals surface area contributed by atoms with Crippen LogP contribution >= 0.6 is 0 Å². The van der Waals surface area contributed by atoms with Crippen molar-refractivity contribution < 1.29 is 63.6 Å². The van der Waals surface area contributed by atoms with Gasteiger partial charge in [0.1, 0.15) is 36.0 Å². The Morgan fingerprint density at radius 1 is 0.589 bits per heavy atom. The van der Waals surface area contributed by atoms with Crippen LogP contribution in [0.5, 0.6) is 5.75 Å². The van der Waals surface area contributed by atoms with Crippen LogP contribution in [0.4, 0.5) is 0 Å². The number of hydrogen-bond donors (Lipinski definition) is 11. The molecule has 0 aromatic heterocycles. The number of rotatable bonds is 25. The average Bonchev–Trinajstić information content (AvgIpc) is 3.10. The van der Waals surface area contributed by atoms with E-state index in [0.717, 1.165) is 0 Å². The second-order valence-electron chi connectivity index (χ2n) is 14.2. The minimum absolute atomic E-state index is 0.0392. The molecule has 12 N–H and O–H groups in total. The van der Waals surface area contributed by atoms with Gasteiger partial charge in [0.25, 0.3) is 0 Å². The summed E-state index contributed by atoms with van der Waals surface area (Å²) in [5.74, 6) is -9.28. The second kappa shape index (κ2) is 23.9. The maximum absolute atomic E-state index is 13.7. The van der Waals surface area contributed by atoms with Gasteiger partial charge in [-0.2, -0.15) is 0 Å². The minimum Gasteiger partial charge on any atom is -0.508 e. The number of carbonyl (C=O) groups excluding carboxylic acids is 6. The number of carboxylic acid groups (broad SMARTS) is 3. The summed E-state index contributed by atoms with van der Waals surface area (Å²) in [4.78, 5) is 113. The number of carbonyl (C=O) groups is 9. The number of nitrogens with two attached hydrogens (primary N) is 1. The number of phenols is 1. The number of amides is 6. The van der Waals surface area contributed by atoms with Gasteiger partial charge in [-0.05, 0) is 62.1 Å². The standard InChI is InChI=1S/C36H55N7O13/c1-18(2)14-25(42-31(50)20(5)39-32(51)23(37)10-12-29(46)47)35(54)41-24(11-13-30(48)49)34(53)43-26(16-21-6-8-22(44)9-7-21)33(52)38-17-28(45)40-27(36(55)56)15-19(3)4/h6-9,18-20,23-27,44H,10-17,37H2,1-5H3,(H,38,52)(H,39,51)(H,40,45)(H,41,54)(H,42,50)(H,43,53)(H,46,47)(H,48,49)(H,55,56)/t20-,23-,24-,25-,26-,27-/m0/s1. The summed E-state index contributed by atoms with van der Waals surface area (Å²) in [7, 11) is 0. The highest BCUT2D eigenvalue weighted by Gasteiger charge is 2.32. The zero-order chi connectivity index (χ0) is 42.7. The predicted molar refractivity (Wildman–Crippen MR) is 198 cm³/mol. The Balaban J connectivity index is 3.24. The molecule has 1 aromatic carbocycles. The van der Waals surface area contributed by atoms with Crippen molar-refractivity contribution in [3.8, 4) is 5.75 Å². The maximum Gasteiger partial charge on any atom is 0.326 e. The van der Waals surface area contributed by atoms with Crippen LogP contribution in [0.2, 0.25) is 0 Å². The van der Waals surface area contributed by atoms with Crippen LogP contribution in [0, 0.1) is 11.8 Å². The molecule has 1 aromatic rings. The summed E-state index contributed by atoms with van der Waals surface area (Å²) >= 11 is 0. The molecule has 20 heteroatoms. The van der Waals surface area contributed by atoms with E-state index in [9.17, 15) is 58.5 Å². The molecule has 0 aliphatic heterocycles. The van der Waals surface area contributed by atoms with E-state index in [2.05, 4.69) is 31.9 Å². The number of phenolic OH excluding ortho intramolecular Hbond substituents is 1. The third-order valence-electron chi connectivity index (χ3n) is 8.15. The third-order valence-corrected chi connectivity index (χ3v) is 8.15. The van der Waals surface area contributed by atoms with Crippen LogP contribution in [0.25, 0.3) is 0 Å². The number of nitrogens with one attached hydrogen (secondary N) is 6. The van der Waals surface area contributed by atoms with Crippen LogP contribution in [0.3, 0.4) is 0 Å². The van der Waals surface area contributed by atoms with Gasteiger partial charge >= 0.3 is 17.9 Å². The first-order valence-electron chi connectivity index (χ1n) is 18.1. The largest absolute Gasteiger partial charge is 0.508 e. The Morgan fingerprint density at radius 2 is 1.09 bits per heavy atom. The SMILES string of the molecule is CC(C)C[C@H](NC(=O)CNC(=O)[C@H](Cc1ccc(O)cc1)NC(=O)[C@H](CCC(=O)O)NC(=O)[C@H](CC(C)C)NC(=O)[C@H](C)NC(=O)[C@@H](N)CCC(=O)O)C(=O)O. The molecule has 312 valence electrons. The van der Waals surface area contributed by atoms with Gasteiger partial charge in [-0.1, -0.05) is 39.8 Å². The van der Waals surface area contributed by atoms with Crippen molar-refractivity contribution in [2.45, 2.75) is 116 Å². The van der Waals surface area contributed by atoms with Gasteiger partial charge in [0.2, 0.25) is 35.4 Å². The molecule has 0 spiro atoms. The summed E-state index contributed by atoms with van der Waals surface area (Å²) in [6.07, 6.45) is -1.64. The third kappa shape index (κ3) is 19.0. The van der Waals surface area contributed by atoms with Gasteiger partial charge in [0.05, 0.1) is 12.6 Å². The Kier molecular flexibility index (Phi) is 20.6. The van der Waals surface area contributed by atoms with Crippen molar-refractivity contribution in [3.05, 3.63) is 29.8 Å². The van der Waals surface area contributed by atoms with E-state index in [0.29, 0.717) is 5.56 Å². The monoisotopic (exact) mass is 793 g/mol. The lowest BCUT2D eigenvalue weighted by Crippen LogP contribution is -2.59. The van der Waals surface area contributed by atoms with Crippen molar-refractivity contribution >= 4 is 53.4 Å². The van der Waals surface area contributed by atoms with Crippen molar-refractivity contribution in [3.63, 3.8) is 0 Å². The van der Waals surface area contributed by atoms with Gasteiger partial charge in [-0.25, -0.2) is 4.79 Å². The van der Waals surface area contributed by atoms with E-state index < -0.39 is 109 Å². The Hall–Kier alpha value is -5.79. The quantitative estimate of drug-likeness (QED) is 0.0550. The molecule has 0 bridgehead atoms. The number of hydrogen-bond acceptors (Lipinski definition) is 11. The highest BCUT2D eigenvalue weighted by atomic mass is 16.4. The molecule has 1 rings (SSSR count). The van der Waals surface area contributed by atoms with Crippen LogP contribution < -0.4 is 37.6 Å². The molecule has 0 fully saturated rings. The van der Waals surface area contributed by atoms with Crippen molar-refractivity contribution in [1.82, 2.24) is 31.9 Å². The van der Waals surface area contributed by atoms with Crippen LogP contribution in [0.15, 0.2) is 24.3 Å². The van der Waals surface area contributed by atoms with E-state index in [-0.39, 0.29) is 49.7 Å². The lowest BCUT2D eigenvalue weighted by molar-refractivity contribution is -0.142. The molecule has 0 saturated heterocycles. The number of aliphatic carboxylic acids is 3. The Bertz CT molecular complexity index is 1550. The second-order valence-corrected chi connectivity index (χ2v) is 14.2. The van der Waals surface area contributed by atoms with E-state index >= 15 is 0 Å². The molecule has 0 saturated carbocycles. The van der Waals surface area contributed by atoms with Crippen molar-refractivity contribution in [2.75, 3.05) is 6.54 Å². The molecule has 0 unspecified atom stereocenters. The normalized spacial score (nSPS) is 14.2. The lowest BCUT2D eigenvalue weighted by Gasteiger charge is -2.27. The number of carboxylic acids is 3. The molecule has 0 aliphatic rings. The molecular weight excluding hydrogens is 738 g/mol. The molecule has 0 heterocycles. The molecule has 56 heavy (non-hydrogen) atoms. The predicted octanol–water partition coefficient (Wildman–Crippen LogP) is -1.27. The first-order valence-corrected chi connectivity index (χ1v) is 18.1. The van der Waals surface area contributed by atoms with Crippen LogP contribution in [0.1, 0.15) is 78.7 Å². The molecule has 6 amide bonds. The summed E-state index contributed by atoms with van der Waals surface area (Å²) in [6.45, 7) is 7.67. The Morgan fingerprint density at radius 3 is 1.62 bits per heavy atom. The van der Waals surface area contributed by atoms with Crippen LogP contribution in [-0.2, 0) is 49.6 Å². The fourth-order valence-corrected chi connectivity index (χ4v) is 5.18. The van der Waals surface area contributed by atoms with Gasteiger partial charge in [0.15, 0.2) is 0 Å². The smallest absolute Gasteiger partial charge is 0.326 e. The minimum atomic E-state index is -1.56. The first-order chi connectivity index (χ1) is 26.1. The number of aromatic hydroxyl groups is 1. The van der Waals surface area contributed by atoms with Gasteiger partial charge in [-0.3, -0.25) is 38.4 Å². The van der Waals surface area contributed by atoms with Crippen molar-refractivity contribution in [2.24, 2.45) is 17.6 Å². The van der Waals surface area contributed by atoms with E-state index in [1.165, 1.54) is 31.2 Å². The fraction of sp³-hybridized carbons (Fsp3) is 0.583. The molecule has 20 nitrogen and oxygen atoms in total. The fourth-order valence-electron chi connectivity index (χ4n) is 5.18. The van der Waals surface area contributed by atoms with E-state index in [4.69, 9.17) is 10.8 Å². The molecular formula is C36H55N7O13.